The van der Waals surface area contributed by atoms with Crippen LogP contribution in [-0.2, 0) is 20.7 Å². The fourth-order valence-electron chi connectivity index (χ4n) is 1.48. The molecule has 0 N–H and O–H groups in total. The molecule has 0 unspecified atom stereocenters. The predicted molar refractivity (Wildman–Crippen MR) is 84.1 cm³/mol. The monoisotopic (exact) mass is 374 g/mol. The highest BCUT2D eigenvalue weighted by Gasteiger charge is 2.26. The summed E-state index contributed by atoms with van der Waals surface area (Å²) < 4.78 is 24.2. The molecule has 4 nitrogen and oxygen atoms in total. The Morgan fingerprint density at radius 3 is 2.45 bits per heavy atom. The molecule has 0 aromatic heterocycles. The van der Waals surface area contributed by atoms with Crippen molar-refractivity contribution < 1.29 is 23.5 Å². The Morgan fingerprint density at radius 1 is 1.27 bits per heavy atom. The molecule has 0 spiro atoms. The Labute approximate surface area is 138 Å². The van der Waals surface area contributed by atoms with Gasteiger partial charge in [-0.1, -0.05) is 22.9 Å². The van der Waals surface area contributed by atoms with E-state index in [0.717, 1.165) is 6.42 Å². The van der Waals surface area contributed by atoms with Gasteiger partial charge in [-0.25, -0.2) is 4.39 Å². The molecule has 0 saturated carbocycles. The van der Waals surface area contributed by atoms with Crippen molar-refractivity contribution in [2.24, 2.45) is 5.41 Å². The third-order valence-electron chi connectivity index (χ3n) is 2.72. The normalized spacial score (nSPS) is 11.2. The Hall–Kier alpha value is -1.43. The summed E-state index contributed by atoms with van der Waals surface area (Å²) in [6.45, 7) is 7.27. The highest BCUT2D eigenvalue weighted by atomic mass is 79.9. The predicted octanol–water partition coefficient (Wildman–Crippen LogP) is 4.04. The molecule has 0 amide bonds. The molecule has 0 heterocycles. The van der Waals surface area contributed by atoms with Crippen LogP contribution >= 0.6 is 15.9 Å². The van der Waals surface area contributed by atoms with Gasteiger partial charge in [-0.2, -0.15) is 0 Å². The molecule has 1 aromatic rings. The second-order valence-electron chi connectivity index (χ2n) is 5.91. The van der Waals surface area contributed by atoms with Crippen LogP contribution in [0.4, 0.5) is 4.39 Å². The zero-order chi connectivity index (χ0) is 16.9. The molecule has 0 aliphatic carbocycles. The van der Waals surface area contributed by atoms with Crippen molar-refractivity contribution >= 4 is 27.9 Å². The van der Waals surface area contributed by atoms with Crippen LogP contribution < -0.4 is 4.74 Å². The molecule has 0 aliphatic heterocycles. The topological polar surface area (TPSA) is 52.6 Å². The summed E-state index contributed by atoms with van der Waals surface area (Å²) >= 11 is 3.20. The van der Waals surface area contributed by atoms with Crippen LogP contribution in [0.1, 0.15) is 39.7 Å². The lowest BCUT2D eigenvalue weighted by molar-refractivity contribution is -0.165. The average Bonchev–Trinajstić information content (AvgIpc) is 2.39. The van der Waals surface area contributed by atoms with Crippen molar-refractivity contribution in [1.29, 1.82) is 0 Å². The Morgan fingerprint density at radius 2 is 1.91 bits per heavy atom. The van der Waals surface area contributed by atoms with Crippen LogP contribution in [0.25, 0.3) is 0 Å². The van der Waals surface area contributed by atoms with Crippen LogP contribution in [0.2, 0.25) is 0 Å². The van der Waals surface area contributed by atoms with Gasteiger partial charge in [-0.3, -0.25) is 9.59 Å². The number of halogens is 2. The first-order valence-corrected chi connectivity index (χ1v) is 7.80. The molecular formula is C16H20BrFO4. The second-order valence-corrected chi connectivity index (χ2v) is 6.77. The quantitative estimate of drug-likeness (QED) is 0.576. The molecule has 22 heavy (non-hydrogen) atoms. The van der Waals surface area contributed by atoms with E-state index >= 15 is 0 Å². The highest BCUT2D eigenvalue weighted by molar-refractivity contribution is 9.10. The third kappa shape index (κ3) is 5.40. The maximum atomic E-state index is 13.7. The van der Waals surface area contributed by atoms with Gasteiger partial charge >= 0.3 is 11.9 Å². The molecule has 0 radical (unpaired) electrons. The van der Waals surface area contributed by atoms with E-state index in [0.29, 0.717) is 16.6 Å². The van der Waals surface area contributed by atoms with Crippen LogP contribution in [-0.4, -0.2) is 18.5 Å². The Bertz CT molecular complexity index is 564. The van der Waals surface area contributed by atoms with E-state index < -0.39 is 23.2 Å². The van der Waals surface area contributed by atoms with Crippen molar-refractivity contribution in [1.82, 2.24) is 0 Å². The molecule has 1 rings (SSSR count). The fourth-order valence-corrected chi connectivity index (χ4v) is 1.93. The zero-order valence-corrected chi connectivity index (χ0v) is 14.8. The van der Waals surface area contributed by atoms with Gasteiger partial charge in [0.15, 0.2) is 11.6 Å². The van der Waals surface area contributed by atoms with E-state index in [1.54, 1.807) is 20.8 Å². The third-order valence-corrected chi connectivity index (χ3v) is 3.45. The molecule has 0 bridgehead atoms. The first-order valence-electron chi connectivity index (χ1n) is 7.01. The lowest BCUT2D eigenvalue weighted by Crippen LogP contribution is -2.26. The van der Waals surface area contributed by atoms with Gasteiger partial charge in [0.25, 0.3) is 0 Å². The number of carbonyl (C=O) groups excluding carboxylic acids is 2. The van der Waals surface area contributed by atoms with Gasteiger partial charge in [-0.05, 0) is 44.9 Å². The van der Waals surface area contributed by atoms with Crippen molar-refractivity contribution in [2.45, 2.75) is 40.5 Å². The van der Waals surface area contributed by atoms with Gasteiger partial charge < -0.3 is 9.47 Å². The minimum absolute atomic E-state index is 0.0787. The molecule has 0 atom stereocenters. The summed E-state index contributed by atoms with van der Waals surface area (Å²) in [5.74, 6) is -1.72. The van der Waals surface area contributed by atoms with Gasteiger partial charge in [0.1, 0.15) is 0 Å². The van der Waals surface area contributed by atoms with E-state index in [9.17, 15) is 14.0 Å². The number of benzene rings is 1. The summed E-state index contributed by atoms with van der Waals surface area (Å²) in [7, 11) is 0. The second kappa shape index (κ2) is 7.72. The van der Waals surface area contributed by atoms with Crippen molar-refractivity contribution in [2.75, 3.05) is 6.61 Å². The van der Waals surface area contributed by atoms with Crippen LogP contribution in [0, 0.1) is 11.2 Å². The van der Waals surface area contributed by atoms with Crippen molar-refractivity contribution in [3.8, 4) is 5.75 Å². The Balaban J connectivity index is 2.84. The lowest BCUT2D eigenvalue weighted by atomic mass is 9.97. The van der Waals surface area contributed by atoms with E-state index in [2.05, 4.69) is 15.9 Å². The van der Waals surface area contributed by atoms with E-state index in [4.69, 9.17) is 9.47 Å². The van der Waals surface area contributed by atoms with Crippen LogP contribution in [0.3, 0.4) is 0 Å². The minimum Gasteiger partial charge on any atom is -0.491 e. The van der Waals surface area contributed by atoms with E-state index in [-0.39, 0.29) is 12.2 Å². The fraction of sp³-hybridized carbons (Fsp3) is 0.500. The molecular weight excluding hydrogens is 355 g/mol. The number of carbonyl (C=O) groups is 2. The summed E-state index contributed by atoms with van der Waals surface area (Å²) in [5.41, 5.74) is -0.260. The first kappa shape index (κ1) is 18.6. The standard InChI is InChI=1S/C16H20BrFO4/c1-5-6-21-13-7-10(11(17)9-12(13)18)8-14(19)22-15(20)16(2,3)4/h7,9H,5-6,8H2,1-4H3. The lowest BCUT2D eigenvalue weighted by Gasteiger charge is -2.15. The van der Waals surface area contributed by atoms with Gasteiger partial charge in [0.2, 0.25) is 0 Å². The van der Waals surface area contributed by atoms with Crippen LogP contribution in [0.5, 0.6) is 5.75 Å². The smallest absolute Gasteiger partial charge is 0.318 e. The molecule has 0 fully saturated rings. The number of rotatable bonds is 5. The highest BCUT2D eigenvalue weighted by Crippen LogP contribution is 2.27. The summed E-state index contributed by atoms with van der Waals surface area (Å²) in [6, 6.07) is 2.68. The van der Waals surface area contributed by atoms with E-state index in [1.807, 2.05) is 6.92 Å². The molecule has 6 heteroatoms. The summed E-state index contributed by atoms with van der Waals surface area (Å²) in [4.78, 5) is 23.5. The maximum Gasteiger partial charge on any atom is 0.318 e. The van der Waals surface area contributed by atoms with E-state index in [1.165, 1.54) is 12.1 Å². The molecule has 122 valence electrons. The zero-order valence-electron chi connectivity index (χ0n) is 13.2. The largest absolute Gasteiger partial charge is 0.491 e. The number of ether oxygens (including phenoxy) is 2. The summed E-state index contributed by atoms with van der Waals surface area (Å²) in [5, 5.41) is 0. The van der Waals surface area contributed by atoms with Crippen LogP contribution in [0.15, 0.2) is 16.6 Å². The average molecular weight is 375 g/mol. The van der Waals surface area contributed by atoms with Gasteiger partial charge in [0.05, 0.1) is 18.4 Å². The first-order chi connectivity index (χ1) is 10.1. The Kier molecular flexibility index (Phi) is 6.53. The molecule has 0 saturated heterocycles. The van der Waals surface area contributed by atoms with Gasteiger partial charge in [-0.15, -0.1) is 0 Å². The van der Waals surface area contributed by atoms with Crippen molar-refractivity contribution in [3.05, 3.63) is 28.0 Å². The number of hydrogen-bond acceptors (Lipinski definition) is 4. The van der Waals surface area contributed by atoms with Crippen molar-refractivity contribution in [3.63, 3.8) is 0 Å². The summed E-state index contributed by atoms with van der Waals surface area (Å²) in [6.07, 6.45) is 0.595. The van der Waals surface area contributed by atoms with Gasteiger partial charge in [0, 0.05) is 4.47 Å². The minimum atomic E-state index is -0.759. The molecule has 0 aliphatic rings. The molecule has 1 aromatic carbocycles. The number of esters is 2. The number of hydrogen-bond donors (Lipinski definition) is 0. The SMILES string of the molecule is CCCOc1cc(CC(=O)OC(=O)C(C)(C)C)c(Br)cc1F. The maximum absolute atomic E-state index is 13.7.